The van der Waals surface area contributed by atoms with Gasteiger partial charge in [0.25, 0.3) is 0 Å². The molecule has 0 bridgehead atoms. The van der Waals surface area contributed by atoms with E-state index in [4.69, 9.17) is 0 Å². The van der Waals surface area contributed by atoms with E-state index in [-0.39, 0.29) is 125 Å². The first-order valence-electron chi connectivity index (χ1n) is 45.4. The van der Waals surface area contributed by atoms with Crippen molar-refractivity contribution in [3.05, 3.63) is 190 Å². The normalized spacial score (nSPS) is 23.2. The second-order valence-corrected chi connectivity index (χ2v) is 41.9. The minimum atomic E-state index is -0.952. The Morgan fingerprint density at radius 2 is 0.810 bits per heavy atom. The van der Waals surface area contributed by atoms with Crippen LogP contribution in [-0.2, 0) is 48.3 Å². The SMILES string of the molecule is CC(C)(C)CCN1C(=O)C(CC(=O)N2CCC(N3Cc4ccccc4NC3=O)CC2)SC1c1cccc(F)c1F.CN1CCN(c2ccc(C3SC(CC(=O)N4CCC(N5Cc6ccccc6NC5=O)CC4)C(=O)N3CCC(C)(C)C)cc2)CC1.O=C(CC1SC(c2ccccc2F)N(CC2CCCCC2)C1=O)N1CCC(N2CCc3ccccc3NC2=O)CC1.[HH]. The summed E-state index contributed by atoms with van der Waals surface area (Å²) < 4.78 is 43.7. The zero-order valence-electron chi connectivity index (χ0n) is 73.8. The number of urea groups is 3. The van der Waals surface area contributed by atoms with Crippen molar-refractivity contribution < 1.29 is 57.7 Å². The topological polar surface area (TPSA) is 225 Å². The Balaban J connectivity index is 0.000000154. The highest BCUT2D eigenvalue weighted by molar-refractivity contribution is 8.01. The molecule has 6 atom stereocenters. The van der Waals surface area contributed by atoms with Gasteiger partial charge in [0, 0.05) is 177 Å². The fourth-order valence-corrected chi connectivity index (χ4v) is 23.8. The Bertz CT molecular complexity index is 4910. The Labute approximate surface area is 754 Å². The van der Waals surface area contributed by atoms with Crippen molar-refractivity contribution in [2.24, 2.45) is 16.7 Å². The van der Waals surface area contributed by atoms with Crippen LogP contribution in [-0.4, -0.2) is 235 Å². The molecule has 17 rings (SSSR count). The monoisotopic (exact) mass is 1780 g/mol. The standard InChI is InChI=1S/C35H48N6O3S.C32H39FN4O3S.C30H36F2N4O3S.H2/c1-35(2,3)15-18-40-32(43)30(45-33(40)25-9-11-27(12-10-25)38-21-19-37(4)20-22-38)23-31(42)39-16-13-28(14-17-39)41-24-26-7-5-6-8-29(26)36-34(41)44;33-26-12-6-5-11-25(26)31-37(21-22-8-2-1-3-9-22)30(39)28(41-31)20-29(38)35-17-15-24(16-18-35)36-19-14-23-10-4-7-13-27(23)34-32(36)40;1-30(2,3)13-16-35-27(38)24(40-28(35)21-8-6-9-22(31)26(21)32)17-25(37)34-14-11-20(12-15-34)36-18-19-7-4-5-10-23(19)33-29(36)39;/h5-12,28,30,33H,13-24H2,1-4H3,(H,36,44);4-7,10-13,22,24,28,31H,1-3,8-9,14-21H2,(H,34,40);4-10,20,24,28H,11-18H2,1-3H3,(H,33,39);1H. The minimum absolute atomic E-state index is 0. The maximum absolute atomic E-state index is 14.9. The minimum Gasteiger partial charge on any atom is -0.369 e. The quantitative estimate of drug-likeness (QED) is 0.0686. The van der Waals surface area contributed by atoms with Crippen molar-refractivity contribution in [3.8, 4) is 0 Å². The van der Waals surface area contributed by atoms with Crippen LogP contribution in [0.3, 0.4) is 0 Å². The van der Waals surface area contributed by atoms with Crippen LogP contribution in [0.15, 0.2) is 140 Å². The average molecular weight is 1780 g/mol. The van der Waals surface area contributed by atoms with Crippen LogP contribution in [0.5, 0.6) is 0 Å². The number of rotatable bonds is 19. The van der Waals surface area contributed by atoms with Crippen LogP contribution >= 0.6 is 35.3 Å². The largest absolute Gasteiger partial charge is 0.369 e. The Hall–Kier alpha value is -9.45. The van der Waals surface area contributed by atoms with Gasteiger partial charge in [-0.3, -0.25) is 28.8 Å². The molecule has 676 valence electrons. The summed E-state index contributed by atoms with van der Waals surface area (Å²) >= 11 is 4.28. The van der Waals surface area contributed by atoms with Gasteiger partial charge in [-0.15, -0.1) is 35.3 Å². The van der Waals surface area contributed by atoms with Gasteiger partial charge in [0.05, 0.1) is 15.7 Å². The number of nitrogens with one attached hydrogen (secondary N) is 3. The van der Waals surface area contributed by atoms with Crippen LogP contribution in [0.25, 0.3) is 0 Å². The van der Waals surface area contributed by atoms with Crippen molar-refractivity contribution in [2.45, 2.75) is 214 Å². The molecule has 0 spiro atoms. The molecule has 3 N–H and O–H groups in total. The summed E-state index contributed by atoms with van der Waals surface area (Å²) in [6.45, 7) is 23.8. The molecule has 7 saturated heterocycles. The molecule has 12 amide bonds. The Kier molecular flexibility index (Phi) is 29.3. The molecule has 11 aliphatic rings. The zero-order chi connectivity index (χ0) is 88.7. The third-order valence-corrected chi connectivity index (χ3v) is 31.4. The van der Waals surface area contributed by atoms with E-state index in [1.54, 1.807) is 33.7 Å². The first kappa shape index (κ1) is 91.3. The van der Waals surface area contributed by atoms with Crippen molar-refractivity contribution >= 4 is 112 Å². The number of fused-ring (bicyclic) bond motifs is 3. The van der Waals surface area contributed by atoms with Gasteiger partial charge in [0.2, 0.25) is 35.4 Å². The van der Waals surface area contributed by atoms with Crippen molar-refractivity contribution in [3.63, 3.8) is 0 Å². The number of hydrogen-bond acceptors (Lipinski definition) is 14. The number of likely N-dealkylation sites (N-methyl/N-ethyl adjacent to an activating group) is 1. The van der Waals surface area contributed by atoms with E-state index < -0.39 is 32.9 Å². The average Bonchev–Trinajstić information content (AvgIpc) is 1.36. The maximum Gasteiger partial charge on any atom is 0.322 e. The van der Waals surface area contributed by atoms with E-state index in [1.165, 1.54) is 66.7 Å². The third kappa shape index (κ3) is 21.9. The molecule has 6 aromatic rings. The van der Waals surface area contributed by atoms with Gasteiger partial charge < -0.3 is 69.8 Å². The van der Waals surface area contributed by atoms with Crippen molar-refractivity contribution in [1.82, 2.24) is 49.0 Å². The highest BCUT2D eigenvalue weighted by Gasteiger charge is 2.49. The highest BCUT2D eigenvalue weighted by atomic mass is 32.2. The molecule has 1 saturated carbocycles. The molecule has 23 nitrogen and oxygen atoms in total. The summed E-state index contributed by atoms with van der Waals surface area (Å²) in [6, 6.07) is 43.0. The lowest BCUT2D eigenvalue weighted by molar-refractivity contribution is -0.137. The number of piperazine rings is 1. The van der Waals surface area contributed by atoms with E-state index in [0.29, 0.717) is 122 Å². The summed E-state index contributed by atoms with van der Waals surface area (Å²) in [6.07, 6.45) is 12.7. The van der Waals surface area contributed by atoms with E-state index in [0.717, 1.165) is 110 Å². The van der Waals surface area contributed by atoms with E-state index in [9.17, 15) is 56.3 Å². The number of carbonyl (C=O) groups excluding carboxylic acids is 9. The van der Waals surface area contributed by atoms with Gasteiger partial charge in [-0.05, 0) is 159 Å². The Morgan fingerprint density at radius 3 is 1.29 bits per heavy atom. The van der Waals surface area contributed by atoms with Crippen LogP contribution in [0.2, 0.25) is 0 Å². The summed E-state index contributed by atoms with van der Waals surface area (Å²) in [7, 11) is 2.17. The van der Waals surface area contributed by atoms with Crippen LogP contribution in [0, 0.1) is 34.2 Å². The maximum atomic E-state index is 14.9. The molecule has 6 unspecified atom stereocenters. The molecule has 1 aliphatic carbocycles. The third-order valence-electron chi connectivity index (χ3n) is 27.0. The number of benzene rings is 6. The molecule has 6 aromatic carbocycles. The molecule has 0 aromatic heterocycles. The van der Waals surface area contributed by atoms with Gasteiger partial charge in [0.15, 0.2) is 11.6 Å². The van der Waals surface area contributed by atoms with E-state index >= 15 is 0 Å². The number of thioether (sulfide) groups is 3. The number of halogens is 3. The predicted octanol–water partition coefficient (Wildman–Crippen LogP) is 17.1. The van der Waals surface area contributed by atoms with Gasteiger partial charge in [-0.25, -0.2) is 27.6 Å². The number of piperidine rings is 3. The molecule has 0 radical (unpaired) electrons. The van der Waals surface area contributed by atoms with Crippen LogP contribution < -0.4 is 20.9 Å². The number of carbonyl (C=O) groups is 9. The number of likely N-dealkylation sites (tertiary alicyclic amines) is 3. The van der Waals surface area contributed by atoms with Crippen LogP contribution in [0.1, 0.15) is 195 Å². The zero-order valence-corrected chi connectivity index (χ0v) is 76.3. The van der Waals surface area contributed by atoms with Crippen molar-refractivity contribution in [1.29, 1.82) is 0 Å². The molecule has 126 heavy (non-hydrogen) atoms. The summed E-state index contributed by atoms with van der Waals surface area (Å²) in [5.41, 5.74) is 8.96. The summed E-state index contributed by atoms with van der Waals surface area (Å²) in [5.74, 6) is -2.09. The number of nitrogens with zero attached hydrogens (tertiary/aromatic N) is 11. The summed E-state index contributed by atoms with van der Waals surface area (Å²) in [5, 5.41) is 6.27. The number of hydrogen-bond donors (Lipinski definition) is 3. The number of anilines is 4. The van der Waals surface area contributed by atoms with Gasteiger partial charge in [-0.1, -0.05) is 158 Å². The number of amides is 12. The van der Waals surface area contributed by atoms with Gasteiger partial charge in [0.1, 0.15) is 21.9 Å². The first-order chi connectivity index (χ1) is 60.5. The second kappa shape index (κ2) is 40.5. The number of para-hydroxylation sites is 3. The fraction of sp³-hybridized carbons (Fsp3) is 0.536. The van der Waals surface area contributed by atoms with Gasteiger partial charge >= 0.3 is 18.1 Å². The highest BCUT2D eigenvalue weighted by Crippen LogP contribution is 2.50. The van der Waals surface area contributed by atoms with Gasteiger partial charge in [-0.2, -0.15) is 0 Å². The van der Waals surface area contributed by atoms with E-state index in [2.05, 4.69) is 111 Å². The second-order valence-electron chi connectivity index (χ2n) is 38.1. The molecule has 10 aliphatic heterocycles. The lowest BCUT2D eigenvalue weighted by atomic mass is 9.88. The van der Waals surface area contributed by atoms with E-state index in [1.807, 2.05) is 101 Å². The van der Waals surface area contributed by atoms with Crippen molar-refractivity contribution in [2.75, 3.05) is 120 Å². The Morgan fingerprint density at radius 1 is 0.413 bits per heavy atom. The fourth-order valence-electron chi connectivity index (χ4n) is 19.3. The summed E-state index contributed by atoms with van der Waals surface area (Å²) in [4.78, 5) is 141. The molecule has 29 heteroatoms. The molecule has 8 fully saturated rings. The first-order valence-corrected chi connectivity index (χ1v) is 48.3. The molecular formula is C97H125F3N14O9S3. The predicted molar refractivity (Wildman–Crippen MR) is 494 cm³/mol. The van der Waals surface area contributed by atoms with Crippen LogP contribution in [0.4, 0.5) is 50.3 Å². The molecular weight excluding hydrogens is 1660 g/mol. The molecule has 10 heterocycles. The smallest absolute Gasteiger partial charge is 0.322 e. The lowest BCUT2D eigenvalue weighted by Gasteiger charge is -2.40. The lowest BCUT2D eigenvalue weighted by Crippen LogP contribution is -2.51.